The maximum atomic E-state index is 12.5. The molecule has 0 aliphatic rings. The minimum Gasteiger partial charge on any atom is -0.319 e. The summed E-state index contributed by atoms with van der Waals surface area (Å²) in [7, 11) is 0. The van der Waals surface area contributed by atoms with E-state index < -0.39 is 0 Å². The van der Waals surface area contributed by atoms with Crippen molar-refractivity contribution in [3.63, 3.8) is 0 Å². The Balaban J connectivity index is 1.87. The number of amides is 1. The molecule has 0 fully saturated rings. The summed E-state index contributed by atoms with van der Waals surface area (Å²) in [4.78, 5) is 23.8. The summed E-state index contributed by atoms with van der Waals surface area (Å²) in [5, 5.41) is 7.45. The molecule has 0 unspecified atom stereocenters. The predicted octanol–water partition coefficient (Wildman–Crippen LogP) is 3.94. The van der Waals surface area contributed by atoms with Crippen molar-refractivity contribution in [3.8, 4) is 5.69 Å². The second-order valence-corrected chi connectivity index (χ2v) is 5.88. The number of Topliss-reactive ketones (excluding diaryl/α,β-unsaturated/α-hetero) is 1. The summed E-state index contributed by atoms with van der Waals surface area (Å²) >= 11 is 0. The van der Waals surface area contributed by atoms with Gasteiger partial charge >= 0.3 is 0 Å². The van der Waals surface area contributed by atoms with Crippen LogP contribution in [0.3, 0.4) is 0 Å². The summed E-state index contributed by atoms with van der Waals surface area (Å²) in [5.41, 5.74) is 4.32. The largest absolute Gasteiger partial charge is 0.319 e. The second-order valence-electron chi connectivity index (χ2n) is 5.88. The van der Waals surface area contributed by atoms with Crippen molar-refractivity contribution < 1.29 is 9.59 Å². The summed E-state index contributed by atoms with van der Waals surface area (Å²) < 4.78 is 1.81. The topological polar surface area (TPSA) is 64.0 Å². The first kappa shape index (κ1) is 16.6. The average molecular weight is 333 g/mol. The molecule has 126 valence electrons. The molecule has 1 amide bonds. The van der Waals surface area contributed by atoms with E-state index in [2.05, 4.69) is 10.4 Å². The van der Waals surface area contributed by atoms with Gasteiger partial charge in [0.25, 0.3) is 5.91 Å². The molecular formula is C20H19N3O2. The number of carbonyl (C=O) groups is 2. The van der Waals surface area contributed by atoms with E-state index >= 15 is 0 Å². The zero-order valence-electron chi connectivity index (χ0n) is 14.4. The molecule has 0 saturated carbocycles. The zero-order valence-corrected chi connectivity index (χ0v) is 14.4. The third-order valence-electron chi connectivity index (χ3n) is 4.08. The van der Waals surface area contributed by atoms with Gasteiger partial charge in [-0.1, -0.05) is 30.3 Å². The number of anilines is 1. The van der Waals surface area contributed by atoms with E-state index in [9.17, 15) is 9.59 Å². The molecule has 0 atom stereocenters. The minimum absolute atomic E-state index is 0.0252. The number of para-hydroxylation sites is 1. The molecular weight excluding hydrogens is 314 g/mol. The lowest BCUT2D eigenvalue weighted by Gasteiger charge is -2.07. The Bertz CT molecular complexity index is 926. The highest BCUT2D eigenvalue weighted by molar-refractivity contribution is 6.05. The molecule has 1 aromatic heterocycles. The highest BCUT2D eigenvalue weighted by Crippen LogP contribution is 2.23. The summed E-state index contributed by atoms with van der Waals surface area (Å²) in [6.45, 7) is 5.28. The monoisotopic (exact) mass is 333 g/mol. The van der Waals surface area contributed by atoms with Gasteiger partial charge in [0, 0.05) is 11.1 Å². The van der Waals surface area contributed by atoms with E-state index in [4.69, 9.17) is 0 Å². The molecule has 0 spiro atoms. The number of aryl methyl sites for hydroxylation is 1. The Labute approximate surface area is 146 Å². The van der Waals surface area contributed by atoms with Crippen molar-refractivity contribution in [2.75, 3.05) is 5.32 Å². The fourth-order valence-electron chi connectivity index (χ4n) is 2.69. The lowest BCUT2D eigenvalue weighted by atomic mass is 10.1. The van der Waals surface area contributed by atoms with E-state index in [1.165, 1.54) is 6.92 Å². The Morgan fingerprint density at radius 1 is 0.920 bits per heavy atom. The fourth-order valence-corrected chi connectivity index (χ4v) is 2.69. The number of nitrogens with one attached hydrogen (secondary N) is 1. The van der Waals surface area contributed by atoms with Crippen LogP contribution in [0.2, 0.25) is 0 Å². The molecule has 3 rings (SSSR count). The standard InChI is InChI=1S/C20H19N3O2/c1-13-19(14(2)23(22-13)18-7-5-4-6-8-18)21-20(25)17-11-9-16(10-12-17)15(3)24/h4-12H,1-3H3,(H,21,25). The van der Waals surface area contributed by atoms with E-state index in [0.717, 1.165) is 17.1 Å². The third kappa shape index (κ3) is 3.35. The quantitative estimate of drug-likeness (QED) is 0.735. The van der Waals surface area contributed by atoms with Crippen LogP contribution in [-0.2, 0) is 0 Å². The molecule has 0 bridgehead atoms. The molecule has 5 heteroatoms. The molecule has 3 aromatic rings. The fraction of sp³-hybridized carbons (Fsp3) is 0.150. The van der Waals surface area contributed by atoms with E-state index in [1.54, 1.807) is 24.3 Å². The Morgan fingerprint density at radius 3 is 2.12 bits per heavy atom. The molecule has 0 aliphatic carbocycles. The lowest BCUT2D eigenvalue weighted by molar-refractivity contribution is 0.100. The van der Waals surface area contributed by atoms with Crippen molar-refractivity contribution in [3.05, 3.63) is 77.1 Å². The van der Waals surface area contributed by atoms with Crippen LogP contribution in [0.1, 0.15) is 39.0 Å². The zero-order chi connectivity index (χ0) is 18.0. The van der Waals surface area contributed by atoms with Gasteiger partial charge < -0.3 is 5.32 Å². The van der Waals surface area contributed by atoms with Crippen molar-refractivity contribution in [1.82, 2.24) is 9.78 Å². The SMILES string of the molecule is CC(=O)c1ccc(C(=O)Nc2c(C)nn(-c3ccccc3)c2C)cc1. The maximum absolute atomic E-state index is 12.5. The summed E-state index contributed by atoms with van der Waals surface area (Å²) in [6.07, 6.45) is 0. The summed E-state index contributed by atoms with van der Waals surface area (Å²) in [6, 6.07) is 16.4. The van der Waals surface area contributed by atoms with Gasteiger partial charge in [0.05, 0.1) is 22.8 Å². The smallest absolute Gasteiger partial charge is 0.255 e. The predicted molar refractivity (Wildman–Crippen MR) is 97.4 cm³/mol. The van der Waals surface area contributed by atoms with E-state index in [1.807, 2.05) is 48.9 Å². The number of hydrogen-bond acceptors (Lipinski definition) is 3. The number of carbonyl (C=O) groups excluding carboxylic acids is 2. The molecule has 25 heavy (non-hydrogen) atoms. The minimum atomic E-state index is -0.228. The number of hydrogen-bond donors (Lipinski definition) is 1. The number of nitrogens with zero attached hydrogens (tertiary/aromatic N) is 2. The number of ketones is 1. The number of aromatic nitrogens is 2. The van der Waals surface area contributed by atoms with Crippen molar-refractivity contribution >= 4 is 17.4 Å². The van der Waals surface area contributed by atoms with Crippen LogP contribution in [0.4, 0.5) is 5.69 Å². The Hall–Kier alpha value is -3.21. The molecule has 0 aliphatic heterocycles. The van der Waals surface area contributed by atoms with Crippen LogP contribution in [0.15, 0.2) is 54.6 Å². The van der Waals surface area contributed by atoms with Crippen molar-refractivity contribution in [2.24, 2.45) is 0 Å². The molecule has 1 N–H and O–H groups in total. The van der Waals surface area contributed by atoms with Crippen LogP contribution in [0.5, 0.6) is 0 Å². The van der Waals surface area contributed by atoms with Crippen molar-refractivity contribution in [2.45, 2.75) is 20.8 Å². The maximum Gasteiger partial charge on any atom is 0.255 e. The van der Waals surface area contributed by atoms with Gasteiger partial charge in [-0.25, -0.2) is 4.68 Å². The van der Waals surface area contributed by atoms with Gasteiger partial charge in [-0.2, -0.15) is 5.10 Å². The first-order valence-corrected chi connectivity index (χ1v) is 8.01. The average Bonchev–Trinajstić information content (AvgIpc) is 2.90. The third-order valence-corrected chi connectivity index (χ3v) is 4.08. The van der Waals surface area contributed by atoms with Crippen molar-refractivity contribution in [1.29, 1.82) is 0 Å². The van der Waals surface area contributed by atoms with Gasteiger partial charge in [0.15, 0.2) is 5.78 Å². The van der Waals surface area contributed by atoms with Crippen LogP contribution < -0.4 is 5.32 Å². The number of benzene rings is 2. The summed E-state index contributed by atoms with van der Waals surface area (Å²) in [5.74, 6) is -0.253. The first-order chi connectivity index (χ1) is 12.0. The van der Waals surface area contributed by atoms with Gasteiger partial charge in [0.2, 0.25) is 0 Å². The number of rotatable bonds is 4. The molecule has 2 aromatic carbocycles. The van der Waals surface area contributed by atoms with Gasteiger partial charge in [-0.15, -0.1) is 0 Å². The molecule has 1 heterocycles. The van der Waals surface area contributed by atoms with Gasteiger partial charge in [-0.05, 0) is 45.0 Å². The van der Waals surface area contributed by atoms with Gasteiger partial charge in [0.1, 0.15) is 0 Å². The lowest BCUT2D eigenvalue weighted by Crippen LogP contribution is -2.13. The second kappa shape index (κ2) is 6.73. The first-order valence-electron chi connectivity index (χ1n) is 8.01. The Morgan fingerprint density at radius 2 is 1.52 bits per heavy atom. The Kier molecular flexibility index (Phi) is 4.48. The van der Waals surface area contributed by atoms with E-state index in [0.29, 0.717) is 16.8 Å². The van der Waals surface area contributed by atoms with Crippen LogP contribution in [-0.4, -0.2) is 21.5 Å². The highest BCUT2D eigenvalue weighted by atomic mass is 16.1. The molecule has 0 radical (unpaired) electrons. The normalized spacial score (nSPS) is 10.5. The highest BCUT2D eigenvalue weighted by Gasteiger charge is 2.16. The molecule has 0 saturated heterocycles. The van der Waals surface area contributed by atoms with E-state index in [-0.39, 0.29) is 11.7 Å². The molecule has 5 nitrogen and oxygen atoms in total. The van der Waals surface area contributed by atoms with Crippen LogP contribution >= 0.6 is 0 Å². The van der Waals surface area contributed by atoms with Crippen LogP contribution in [0, 0.1) is 13.8 Å². The van der Waals surface area contributed by atoms with Gasteiger partial charge in [-0.3, -0.25) is 9.59 Å². The van der Waals surface area contributed by atoms with Crippen LogP contribution in [0.25, 0.3) is 5.69 Å².